The van der Waals surface area contributed by atoms with E-state index in [1.165, 1.54) is 0 Å². The van der Waals surface area contributed by atoms with E-state index in [1.807, 2.05) is 54.6 Å². The average Bonchev–Trinajstić information content (AvgIpc) is 2.70. The zero-order valence-electron chi connectivity index (χ0n) is 15.1. The van der Waals surface area contributed by atoms with Crippen LogP contribution < -0.4 is 16.3 Å². The van der Waals surface area contributed by atoms with Gasteiger partial charge in [0.25, 0.3) is 0 Å². The number of hydrazine groups is 3. The van der Waals surface area contributed by atoms with E-state index in [2.05, 4.69) is 67.7 Å². The highest BCUT2D eigenvalue weighted by atomic mass is 15.8. The molecule has 1 fully saturated rings. The highest BCUT2D eigenvalue weighted by Gasteiger charge is 2.23. The Morgan fingerprint density at radius 2 is 0.667 bits per heavy atom. The lowest BCUT2D eigenvalue weighted by molar-refractivity contribution is 0.0126. The van der Waals surface area contributed by atoms with Gasteiger partial charge in [-0.1, -0.05) is 54.6 Å². The second kappa shape index (κ2) is 8.55. The molecule has 0 aromatic heterocycles. The number of para-hydroxylation sites is 3. The summed E-state index contributed by atoms with van der Waals surface area (Å²) in [4.78, 5) is 0. The molecule has 3 aromatic carbocycles. The van der Waals surface area contributed by atoms with Crippen LogP contribution in [0.2, 0.25) is 0 Å². The van der Waals surface area contributed by atoms with Crippen LogP contribution in [0.15, 0.2) is 91.0 Å². The molecule has 1 aliphatic heterocycles. The molecule has 3 aromatic rings. The van der Waals surface area contributed by atoms with Crippen molar-refractivity contribution in [3.63, 3.8) is 0 Å². The molecule has 0 saturated carbocycles. The first-order valence-electron chi connectivity index (χ1n) is 9.05. The van der Waals surface area contributed by atoms with Crippen LogP contribution in [0.1, 0.15) is 0 Å². The summed E-state index contributed by atoms with van der Waals surface area (Å²) in [6, 6.07) is 30.7. The quantitative estimate of drug-likeness (QED) is 0.620. The molecule has 6 heteroatoms. The van der Waals surface area contributed by atoms with Gasteiger partial charge in [0.05, 0.1) is 20.0 Å². The largest absolute Gasteiger partial charge is 0.316 e. The first kappa shape index (κ1) is 17.4. The van der Waals surface area contributed by atoms with Crippen molar-refractivity contribution in [1.82, 2.24) is 15.0 Å². The van der Waals surface area contributed by atoms with E-state index in [9.17, 15) is 0 Å². The number of hydrogen-bond donors (Lipinski definition) is 3. The van der Waals surface area contributed by atoms with Crippen molar-refractivity contribution in [2.45, 2.75) is 0 Å². The SMILES string of the molecule is c1ccc(NN2CN(Nc3ccccc3)CN(Nc3ccccc3)C2)cc1. The molecule has 0 radical (unpaired) electrons. The number of nitrogens with one attached hydrogen (secondary N) is 3. The lowest BCUT2D eigenvalue weighted by Crippen LogP contribution is -2.59. The van der Waals surface area contributed by atoms with Crippen LogP contribution in [-0.4, -0.2) is 35.0 Å². The molecule has 1 saturated heterocycles. The van der Waals surface area contributed by atoms with Crippen molar-refractivity contribution in [3.05, 3.63) is 91.0 Å². The molecule has 138 valence electrons. The predicted molar refractivity (Wildman–Crippen MR) is 110 cm³/mol. The molecular formula is C21H24N6. The van der Waals surface area contributed by atoms with Crippen LogP contribution in [0.4, 0.5) is 17.1 Å². The standard InChI is InChI=1S/C21H24N6/c1-4-10-19(11-5-1)22-25-16-26(23-20-12-6-2-7-13-20)18-27(17-25)24-21-14-8-3-9-15-21/h1-15,22-24H,16-18H2. The first-order valence-corrected chi connectivity index (χ1v) is 9.05. The van der Waals surface area contributed by atoms with Gasteiger partial charge in [-0.25, -0.2) is 0 Å². The second-order valence-electron chi connectivity index (χ2n) is 6.48. The minimum atomic E-state index is 0.733. The normalized spacial score (nSPS) is 16.0. The fourth-order valence-electron chi connectivity index (χ4n) is 3.05. The van der Waals surface area contributed by atoms with Crippen LogP contribution in [0, 0.1) is 0 Å². The monoisotopic (exact) mass is 360 g/mol. The Labute approximate surface area is 159 Å². The molecule has 0 spiro atoms. The second-order valence-corrected chi connectivity index (χ2v) is 6.48. The molecule has 3 N–H and O–H groups in total. The summed E-state index contributed by atoms with van der Waals surface area (Å²) in [7, 11) is 0. The van der Waals surface area contributed by atoms with Gasteiger partial charge < -0.3 is 16.3 Å². The Hall–Kier alpha value is -3.06. The number of anilines is 3. The Morgan fingerprint density at radius 1 is 0.407 bits per heavy atom. The van der Waals surface area contributed by atoms with Crippen molar-refractivity contribution in [2.24, 2.45) is 0 Å². The minimum Gasteiger partial charge on any atom is -0.316 e. The molecule has 4 rings (SSSR count). The van der Waals surface area contributed by atoms with Crippen LogP contribution in [-0.2, 0) is 0 Å². The summed E-state index contributed by atoms with van der Waals surface area (Å²) in [5, 5.41) is 6.47. The van der Waals surface area contributed by atoms with Crippen LogP contribution in [0.5, 0.6) is 0 Å². The molecule has 0 aliphatic carbocycles. The van der Waals surface area contributed by atoms with Gasteiger partial charge in [-0.05, 0) is 36.4 Å². The van der Waals surface area contributed by atoms with Crippen LogP contribution in [0.3, 0.4) is 0 Å². The number of hydrogen-bond acceptors (Lipinski definition) is 6. The molecule has 27 heavy (non-hydrogen) atoms. The number of benzene rings is 3. The van der Waals surface area contributed by atoms with Crippen molar-refractivity contribution in [2.75, 3.05) is 36.3 Å². The fourth-order valence-corrected chi connectivity index (χ4v) is 3.05. The van der Waals surface area contributed by atoms with E-state index < -0.39 is 0 Å². The molecule has 1 aliphatic rings. The van der Waals surface area contributed by atoms with Gasteiger partial charge in [0, 0.05) is 17.1 Å². The lowest BCUT2D eigenvalue weighted by Gasteiger charge is -2.42. The molecule has 0 bridgehead atoms. The van der Waals surface area contributed by atoms with Gasteiger partial charge in [0.15, 0.2) is 0 Å². The lowest BCUT2D eigenvalue weighted by atomic mass is 10.3. The maximum absolute atomic E-state index is 3.48. The van der Waals surface area contributed by atoms with E-state index in [1.54, 1.807) is 0 Å². The van der Waals surface area contributed by atoms with Gasteiger partial charge in [0.1, 0.15) is 0 Å². The van der Waals surface area contributed by atoms with Gasteiger partial charge in [-0.2, -0.15) is 15.0 Å². The van der Waals surface area contributed by atoms with E-state index in [0.29, 0.717) is 0 Å². The van der Waals surface area contributed by atoms with Crippen molar-refractivity contribution in [3.8, 4) is 0 Å². The topological polar surface area (TPSA) is 45.8 Å². The van der Waals surface area contributed by atoms with Gasteiger partial charge in [-0.15, -0.1) is 0 Å². The highest BCUT2D eigenvalue weighted by Crippen LogP contribution is 2.16. The van der Waals surface area contributed by atoms with E-state index >= 15 is 0 Å². The average molecular weight is 360 g/mol. The molecule has 0 atom stereocenters. The summed E-state index contributed by atoms with van der Waals surface area (Å²) >= 11 is 0. The Balaban J connectivity index is 1.47. The van der Waals surface area contributed by atoms with Crippen LogP contribution >= 0.6 is 0 Å². The van der Waals surface area contributed by atoms with Crippen LogP contribution in [0.25, 0.3) is 0 Å². The fraction of sp³-hybridized carbons (Fsp3) is 0.143. The van der Waals surface area contributed by atoms with Crippen molar-refractivity contribution < 1.29 is 0 Å². The van der Waals surface area contributed by atoms with Gasteiger partial charge >= 0.3 is 0 Å². The van der Waals surface area contributed by atoms with E-state index in [-0.39, 0.29) is 0 Å². The summed E-state index contributed by atoms with van der Waals surface area (Å²) in [6.45, 7) is 2.20. The smallest absolute Gasteiger partial charge is 0.0907 e. The third kappa shape index (κ3) is 4.98. The summed E-state index contributed by atoms with van der Waals surface area (Å²) in [5.41, 5.74) is 13.7. The van der Waals surface area contributed by atoms with E-state index in [0.717, 1.165) is 37.1 Å². The van der Waals surface area contributed by atoms with E-state index in [4.69, 9.17) is 0 Å². The Morgan fingerprint density at radius 3 is 0.926 bits per heavy atom. The van der Waals surface area contributed by atoms with Gasteiger partial charge in [0.2, 0.25) is 0 Å². The van der Waals surface area contributed by atoms with Gasteiger partial charge in [-0.3, -0.25) is 0 Å². The molecule has 6 nitrogen and oxygen atoms in total. The maximum atomic E-state index is 3.48. The Kier molecular flexibility index (Phi) is 5.50. The number of nitrogens with zero attached hydrogens (tertiary/aromatic N) is 3. The third-order valence-corrected chi connectivity index (χ3v) is 4.21. The molecule has 0 amide bonds. The zero-order chi connectivity index (χ0) is 18.3. The minimum absolute atomic E-state index is 0.733. The summed E-state index contributed by atoms with van der Waals surface area (Å²) in [5.74, 6) is 0. The maximum Gasteiger partial charge on any atom is 0.0907 e. The Bertz CT molecular complexity index is 693. The molecule has 0 unspecified atom stereocenters. The summed E-state index contributed by atoms with van der Waals surface area (Å²) in [6.07, 6.45) is 0. The van der Waals surface area contributed by atoms with Crippen molar-refractivity contribution in [1.29, 1.82) is 0 Å². The molecular weight excluding hydrogens is 336 g/mol. The zero-order valence-corrected chi connectivity index (χ0v) is 15.1. The summed E-state index contributed by atoms with van der Waals surface area (Å²) < 4.78 is 0. The van der Waals surface area contributed by atoms with Crippen molar-refractivity contribution >= 4 is 17.1 Å². The molecule has 1 heterocycles. The highest BCUT2D eigenvalue weighted by molar-refractivity contribution is 5.43. The predicted octanol–water partition coefficient (Wildman–Crippen LogP) is 3.86. The first-order chi connectivity index (χ1) is 13.3. The number of rotatable bonds is 6. The third-order valence-electron chi connectivity index (χ3n) is 4.21.